The van der Waals surface area contributed by atoms with Gasteiger partial charge in [0.05, 0.1) is 30.1 Å². The van der Waals surface area contributed by atoms with Crippen molar-refractivity contribution >= 4 is 27.6 Å². The Morgan fingerprint density at radius 2 is 1.81 bits per heavy atom. The molecule has 1 aromatic carbocycles. The molecule has 0 unspecified atom stereocenters. The van der Waals surface area contributed by atoms with Crippen LogP contribution < -0.4 is 10.3 Å². The van der Waals surface area contributed by atoms with Gasteiger partial charge >= 0.3 is 5.97 Å². The molecule has 0 N–H and O–H groups in total. The highest BCUT2D eigenvalue weighted by Crippen LogP contribution is 2.35. The summed E-state index contributed by atoms with van der Waals surface area (Å²) in [5, 5.41) is 2.73. The van der Waals surface area contributed by atoms with Crippen molar-refractivity contribution in [3.63, 3.8) is 0 Å². The minimum Gasteiger partial charge on any atom is -0.475 e. The monoisotopic (exact) mass is 494 g/mol. The standard InChI is InChI=1S/C29H26N4O4/c1-16(2)37-26-13-25-21(11-17(3)28(34)33(25)4)27(32-26)20-8-6-7-18-12-24(31-15-22(18)20)19-9-10-23(30-14-19)29(35)36-5/h6-16H,1-5H3. The van der Waals surface area contributed by atoms with Gasteiger partial charge in [0.25, 0.3) is 5.56 Å². The van der Waals surface area contributed by atoms with Crippen molar-refractivity contribution in [2.45, 2.75) is 26.9 Å². The van der Waals surface area contributed by atoms with Gasteiger partial charge in [0.1, 0.15) is 5.69 Å². The Morgan fingerprint density at radius 1 is 1.00 bits per heavy atom. The molecule has 0 radical (unpaired) electrons. The number of esters is 1. The highest BCUT2D eigenvalue weighted by molar-refractivity contribution is 6.04. The first-order valence-electron chi connectivity index (χ1n) is 11.9. The van der Waals surface area contributed by atoms with Crippen molar-refractivity contribution in [3.05, 3.63) is 82.5 Å². The molecule has 37 heavy (non-hydrogen) atoms. The molecule has 4 aromatic heterocycles. The normalized spacial score (nSPS) is 11.3. The maximum Gasteiger partial charge on any atom is 0.356 e. The lowest BCUT2D eigenvalue weighted by molar-refractivity contribution is 0.0594. The fraction of sp³-hybridized carbons (Fsp3) is 0.207. The van der Waals surface area contributed by atoms with Crippen molar-refractivity contribution in [3.8, 4) is 28.4 Å². The summed E-state index contributed by atoms with van der Waals surface area (Å²) in [7, 11) is 3.08. The number of hydrogen-bond donors (Lipinski definition) is 0. The van der Waals surface area contributed by atoms with Crippen LogP contribution in [0.15, 0.2) is 65.7 Å². The first-order valence-corrected chi connectivity index (χ1v) is 11.9. The molecule has 0 bridgehead atoms. The SMILES string of the molecule is COC(=O)c1ccc(-c2cc3cccc(-c4nc(OC(C)C)cc5c4cc(C)c(=O)n5C)c3cn2)cn1. The number of benzene rings is 1. The third-order valence-corrected chi connectivity index (χ3v) is 6.21. The van der Waals surface area contributed by atoms with Gasteiger partial charge in [-0.05, 0) is 50.4 Å². The molecule has 0 atom stereocenters. The molecule has 0 aliphatic rings. The van der Waals surface area contributed by atoms with E-state index in [9.17, 15) is 9.59 Å². The molecule has 0 fully saturated rings. The summed E-state index contributed by atoms with van der Waals surface area (Å²) >= 11 is 0. The van der Waals surface area contributed by atoms with Crippen LogP contribution >= 0.6 is 0 Å². The summed E-state index contributed by atoms with van der Waals surface area (Å²) in [5.41, 5.74) is 4.66. The number of rotatable bonds is 5. The Balaban J connectivity index is 1.69. The van der Waals surface area contributed by atoms with Crippen molar-refractivity contribution in [2.75, 3.05) is 7.11 Å². The van der Waals surface area contributed by atoms with Crippen LogP contribution in [0.3, 0.4) is 0 Å². The number of hydrogen-bond acceptors (Lipinski definition) is 7. The Kier molecular flexibility index (Phi) is 6.17. The van der Waals surface area contributed by atoms with Crippen LogP contribution in [0.1, 0.15) is 29.9 Å². The number of ether oxygens (including phenoxy) is 2. The van der Waals surface area contributed by atoms with Gasteiger partial charge in [0.2, 0.25) is 5.88 Å². The predicted molar refractivity (Wildman–Crippen MR) is 143 cm³/mol. The summed E-state index contributed by atoms with van der Waals surface area (Å²) in [6.45, 7) is 5.69. The molecule has 5 aromatic rings. The van der Waals surface area contributed by atoms with E-state index in [0.29, 0.717) is 11.4 Å². The number of carbonyl (C=O) groups excluding carboxylic acids is 1. The van der Waals surface area contributed by atoms with Crippen LogP contribution in [-0.4, -0.2) is 38.7 Å². The first kappa shape index (κ1) is 24.1. The Morgan fingerprint density at radius 3 is 2.51 bits per heavy atom. The van der Waals surface area contributed by atoms with Gasteiger partial charge in [-0.25, -0.2) is 14.8 Å². The summed E-state index contributed by atoms with van der Waals surface area (Å²) in [6, 6.07) is 15.1. The van der Waals surface area contributed by atoms with Gasteiger partial charge < -0.3 is 14.0 Å². The number of carbonyl (C=O) groups is 1. The number of fused-ring (bicyclic) bond motifs is 2. The van der Waals surface area contributed by atoms with Crippen LogP contribution in [0.25, 0.3) is 44.2 Å². The number of aromatic nitrogens is 4. The van der Waals surface area contributed by atoms with E-state index in [2.05, 4.69) is 9.97 Å². The average Bonchev–Trinajstić information content (AvgIpc) is 2.90. The molecular weight excluding hydrogens is 468 g/mol. The third-order valence-electron chi connectivity index (χ3n) is 6.21. The highest BCUT2D eigenvalue weighted by Gasteiger charge is 2.17. The maximum atomic E-state index is 12.7. The molecule has 0 spiro atoms. The van der Waals surface area contributed by atoms with Crippen LogP contribution in [0.2, 0.25) is 0 Å². The van der Waals surface area contributed by atoms with E-state index in [-0.39, 0.29) is 17.4 Å². The largest absolute Gasteiger partial charge is 0.475 e. The molecule has 5 rings (SSSR count). The zero-order valence-corrected chi connectivity index (χ0v) is 21.3. The minimum atomic E-state index is -0.487. The van der Waals surface area contributed by atoms with Crippen molar-refractivity contribution in [1.82, 2.24) is 19.5 Å². The maximum absolute atomic E-state index is 12.7. The van der Waals surface area contributed by atoms with E-state index >= 15 is 0 Å². The Labute approximate surface area is 213 Å². The fourth-order valence-corrected chi connectivity index (χ4v) is 4.40. The average molecular weight is 495 g/mol. The minimum absolute atomic E-state index is 0.0591. The molecule has 186 valence electrons. The second-order valence-corrected chi connectivity index (χ2v) is 9.12. The van der Waals surface area contributed by atoms with E-state index < -0.39 is 5.97 Å². The topological polar surface area (TPSA) is 96.2 Å². The van der Waals surface area contributed by atoms with Crippen LogP contribution in [-0.2, 0) is 11.8 Å². The molecule has 0 saturated heterocycles. The van der Waals surface area contributed by atoms with Gasteiger partial charge in [-0.3, -0.25) is 9.78 Å². The molecule has 0 saturated carbocycles. The van der Waals surface area contributed by atoms with Crippen molar-refractivity contribution in [1.29, 1.82) is 0 Å². The zero-order chi connectivity index (χ0) is 26.3. The van der Waals surface area contributed by atoms with E-state index in [0.717, 1.165) is 44.2 Å². The Bertz CT molecular complexity index is 1720. The zero-order valence-electron chi connectivity index (χ0n) is 21.3. The third kappa shape index (κ3) is 4.42. The van der Waals surface area contributed by atoms with Crippen molar-refractivity contribution < 1.29 is 14.3 Å². The van der Waals surface area contributed by atoms with E-state index in [1.807, 2.05) is 56.4 Å². The van der Waals surface area contributed by atoms with Gasteiger partial charge in [0, 0.05) is 53.0 Å². The second kappa shape index (κ2) is 9.46. The molecule has 0 aliphatic carbocycles. The van der Waals surface area contributed by atoms with Crippen molar-refractivity contribution in [2.24, 2.45) is 7.05 Å². The lowest BCUT2D eigenvalue weighted by atomic mass is 9.99. The molecule has 0 aliphatic heterocycles. The number of aryl methyl sites for hydroxylation is 2. The van der Waals surface area contributed by atoms with E-state index in [1.165, 1.54) is 7.11 Å². The predicted octanol–water partition coefficient (Wildman–Crippen LogP) is 5.09. The summed E-state index contributed by atoms with van der Waals surface area (Å²) in [5.74, 6) is -0.0338. The number of pyridine rings is 4. The molecule has 8 heteroatoms. The quantitative estimate of drug-likeness (QED) is 0.314. The van der Waals surface area contributed by atoms with Gasteiger partial charge in [-0.15, -0.1) is 0 Å². The van der Waals surface area contributed by atoms with Gasteiger partial charge in [-0.2, -0.15) is 0 Å². The van der Waals surface area contributed by atoms with Gasteiger partial charge in [-0.1, -0.05) is 18.2 Å². The lowest BCUT2D eigenvalue weighted by Gasteiger charge is -2.16. The van der Waals surface area contributed by atoms with Crippen LogP contribution in [0.5, 0.6) is 5.88 Å². The molecular formula is C29H26N4O4. The summed E-state index contributed by atoms with van der Waals surface area (Å²) in [6.07, 6.45) is 3.35. The summed E-state index contributed by atoms with van der Waals surface area (Å²) < 4.78 is 12.3. The Hall–Kier alpha value is -4.59. The smallest absolute Gasteiger partial charge is 0.356 e. The molecule has 0 amide bonds. The summed E-state index contributed by atoms with van der Waals surface area (Å²) in [4.78, 5) is 38.1. The lowest BCUT2D eigenvalue weighted by Crippen LogP contribution is -2.20. The fourth-order valence-electron chi connectivity index (χ4n) is 4.40. The second-order valence-electron chi connectivity index (χ2n) is 9.12. The number of nitrogens with zero attached hydrogens (tertiary/aromatic N) is 4. The van der Waals surface area contributed by atoms with E-state index in [4.69, 9.17) is 14.5 Å². The van der Waals surface area contributed by atoms with E-state index in [1.54, 1.807) is 36.9 Å². The first-order chi connectivity index (χ1) is 17.8. The van der Waals surface area contributed by atoms with Gasteiger partial charge in [0.15, 0.2) is 0 Å². The highest BCUT2D eigenvalue weighted by atomic mass is 16.5. The van der Waals surface area contributed by atoms with Crippen LogP contribution in [0.4, 0.5) is 0 Å². The molecule has 8 nitrogen and oxygen atoms in total. The van der Waals surface area contributed by atoms with Crippen LogP contribution in [0, 0.1) is 6.92 Å². The number of methoxy groups -OCH3 is 1. The molecule has 4 heterocycles.